The van der Waals surface area contributed by atoms with E-state index in [1.807, 2.05) is 12.1 Å². The molecule has 0 aromatic heterocycles. The highest BCUT2D eigenvalue weighted by Gasteiger charge is 2.16. The summed E-state index contributed by atoms with van der Waals surface area (Å²) in [5, 5.41) is 0.996. The van der Waals surface area contributed by atoms with E-state index in [1.54, 1.807) is 0 Å². The molecule has 0 aliphatic carbocycles. The number of hydrogen-bond acceptors (Lipinski definition) is 1. The van der Waals surface area contributed by atoms with Gasteiger partial charge in [0.05, 0.1) is 6.61 Å². The van der Waals surface area contributed by atoms with Crippen molar-refractivity contribution < 1.29 is 4.74 Å². The Morgan fingerprint density at radius 1 is 0.957 bits per heavy atom. The summed E-state index contributed by atoms with van der Waals surface area (Å²) >= 11 is 12.6. The molecular formula is C19H23Cl2OSi. The first-order valence-electron chi connectivity index (χ1n) is 8.20. The third-order valence-electron chi connectivity index (χ3n) is 3.76. The van der Waals surface area contributed by atoms with Crippen molar-refractivity contribution in [2.24, 2.45) is 0 Å². The molecule has 4 heteroatoms. The monoisotopic (exact) mass is 365 g/mol. The Kier molecular flexibility index (Phi) is 7.48. The van der Waals surface area contributed by atoms with Gasteiger partial charge < -0.3 is 4.74 Å². The van der Waals surface area contributed by atoms with Crippen molar-refractivity contribution in [3.63, 3.8) is 0 Å². The lowest BCUT2D eigenvalue weighted by atomic mass is 10.0. The van der Waals surface area contributed by atoms with E-state index >= 15 is 0 Å². The highest BCUT2D eigenvalue weighted by atomic mass is 35.7. The van der Waals surface area contributed by atoms with Gasteiger partial charge in [-0.15, -0.1) is 22.2 Å². The Hall–Kier alpha value is -0.963. The van der Waals surface area contributed by atoms with E-state index in [2.05, 4.69) is 44.2 Å². The maximum absolute atomic E-state index is 6.28. The number of ether oxygens (including phenoxy) is 1. The summed E-state index contributed by atoms with van der Waals surface area (Å²) < 4.78 is 5.78. The second-order valence-corrected chi connectivity index (χ2v) is 9.52. The maximum Gasteiger partial charge on any atom is 0.307 e. The largest absolute Gasteiger partial charge is 0.494 e. The molecule has 0 aliphatic rings. The van der Waals surface area contributed by atoms with Crippen LogP contribution < -0.4 is 9.92 Å². The third kappa shape index (κ3) is 5.27. The van der Waals surface area contributed by atoms with Crippen molar-refractivity contribution >= 4 is 34.8 Å². The Balaban J connectivity index is 2.26. The zero-order chi connectivity index (χ0) is 16.7. The predicted octanol–water partition coefficient (Wildman–Crippen LogP) is 5.66. The van der Waals surface area contributed by atoms with Gasteiger partial charge >= 0.3 is 7.42 Å². The molecule has 0 saturated carbocycles. The fourth-order valence-electron chi connectivity index (χ4n) is 2.50. The molecule has 2 aromatic rings. The summed E-state index contributed by atoms with van der Waals surface area (Å²) in [6.07, 6.45) is 4.44. The molecule has 0 N–H and O–H groups in total. The summed E-state index contributed by atoms with van der Waals surface area (Å²) in [7, 11) is -1.60. The SMILES string of the molecule is CCCCOc1ccc(-c2ccc(CCC)cc2)c([Si](Cl)Cl)c1. The average molecular weight is 366 g/mol. The van der Waals surface area contributed by atoms with Crippen LogP contribution in [0.1, 0.15) is 38.7 Å². The van der Waals surface area contributed by atoms with Crippen LogP contribution in [-0.4, -0.2) is 14.0 Å². The van der Waals surface area contributed by atoms with Crippen LogP contribution in [0.4, 0.5) is 0 Å². The molecule has 0 unspecified atom stereocenters. The summed E-state index contributed by atoms with van der Waals surface area (Å²) in [6, 6.07) is 14.7. The van der Waals surface area contributed by atoms with Crippen molar-refractivity contribution in [2.45, 2.75) is 39.5 Å². The summed E-state index contributed by atoms with van der Waals surface area (Å²) in [6.45, 7) is 5.07. The van der Waals surface area contributed by atoms with Crippen LogP contribution in [0.15, 0.2) is 42.5 Å². The standard InChI is InChI=1S/C19H23Cl2OSi/c1-3-5-13-22-17-11-12-18(19(14-17)23(20)21)16-9-7-15(6-4-2)8-10-16/h7-12,14H,3-6,13H2,1-2H3. The fourth-order valence-corrected chi connectivity index (χ4v) is 4.12. The topological polar surface area (TPSA) is 9.23 Å². The summed E-state index contributed by atoms with van der Waals surface area (Å²) in [4.78, 5) is 0. The minimum atomic E-state index is -1.60. The van der Waals surface area contributed by atoms with Crippen molar-refractivity contribution in [2.75, 3.05) is 6.61 Å². The number of halogens is 2. The molecule has 1 nitrogen and oxygen atoms in total. The Labute approximate surface area is 150 Å². The van der Waals surface area contributed by atoms with Crippen molar-refractivity contribution in [3.8, 4) is 16.9 Å². The molecule has 0 saturated heterocycles. The Morgan fingerprint density at radius 2 is 1.70 bits per heavy atom. The van der Waals surface area contributed by atoms with Gasteiger partial charge in [0.15, 0.2) is 0 Å². The third-order valence-corrected chi connectivity index (χ3v) is 5.81. The molecule has 2 rings (SSSR count). The van der Waals surface area contributed by atoms with Crippen LogP contribution >= 0.6 is 22.2 Å². The van der Waals surface area contributed by atoms with Crippen molar-refractivity contribution in [3.05, 3.63) is 48.0 Å². The molecule has 2 aromatic carbocycles. The van der Waals surface area contributed by atoms with Gasteiger partial charge in [-0.1, -0.05) is 57.0 Å². The van der Waals surface area contributed by atoms with Crippen LogP contribution in [0.25, 0.3) is 11.1 Å². The molecule has 1 radical (unpaired) electrons. The van der Waals surface area contributed by atoms with Crippen LogP contribution in [0.2, 0.25) is 0 Å². The molecule has 0 bridgehead atoms. The molecule has 23 heavy (non-hydrogen) atoms. The first kappa shape index (κ1) is 18.4. The van der Waals surface area contributed by atoms with Gasteiger partial charge in [0.2, 0.25) is 0 Å². The van der Waals surface area contributed by atoms with Gasteiger partial charge in [-0.05, 0) is 46.9 Å². The molecule has 0 spiro atoms. The lowest BCUT2D eigenvalue weighted by Crippen LogP contribution is -2.21. The van der Waals surface area contributed by atoms with E-state index in [-0.39, 0.29) is 0 Å². The molecule has 0 atom stereocenters. The highest BCUT2D eigenvalue weighted by molar-refractivity contribution is 7.39. The number of hydrogen-bond donors (Lipinski definition) is 0. The maximum atomic E-state index is 6.28. The summed E-state index contributed by atoms with van der Waals surface area (Å²) in [5.74, 6) is 0.851. The molecular weight excluding hydrogens is 343 g/mol. The van der Waals surface area contributed by atoms with Gasteiger partial charge in [-0.25, -0.2) is 0 Å². The van der Waals surface area contributed by atoms with Crippen molar-refractivity contribution in [1.29, 1.82) is 0 Å². The van der Waals surface area contributed by atoms with Crippen LogP contribution in [0.5, 0.6) is 5.75 Å². The average Bonchev–Trinajstić information content (AvgIpc) is 2.56. The predicted molar refractivity (Wildman–Crippen MR) is 103 cm³/mol. The quantitative estimate of drug-likeness (QED) is 0.333. The molecule has 0 fully saturated rings. The van der Waals surface area contributed by atoms with Gasteiger partial charge in [-0.3, -0.25) is 0 Å². The fraction of sp³-hybridized carbons (Fsp3) is 0.368. The second kappa shape index (κ2) is 9.36. The smallest absolute Gasteiger partial charge is 0.307 e. The van der Waals surface area contributed by atoms with Gasteiger partial charge in [-0.2, -0.15) is 0 Å². The van der Waals surface area contributed by atoms with Crippen molar-refractivity contribution in [1.82, 2.24) is 0 Å². The highest BCUT2D eigenvalue weighted by Crippen LogP contribution is 2.24. The number of unbranched alkanes of at least 4 members (excludes halogenated alkanes) is 1. The molecule has 123 valence electrons. The molecule has 0 aliphatic heterocycles. The Morgan fingerprint density at radius 3 is 2.30 bits per heavy atom. The Bertz CT molecular complexity index is 611. The van der Waals surface area contributed by atoms with E-state index in [0.29, 0.717) is 0 Å². The van der Waals surface area contributed by atoms with Crippen LogP contribution in [-0.2, 0) is 6.42 Å². The van der Waals surface area contributed by atoms with Crippen LogP contribution in [0.3, 0.4) is 0 Å². The number of rotatable bonds is 8. The van der Waals surface area contributed by atoms with Gasteiger partial charge in [0, 0.05) is 0 Å². The first-order chi connectivity index (χ1) is 11.2. The van der Waals surface area contributed by atoms with Gasteiger partial charge in [0.25, 0.3) is 0 Å². The van der Waals surface area contributed by atoms with E-state index in [1.165, 1.54) is 5.56 Å². The number of aryl methyl sites for hydroxylation is 1. The minimum absolute atomic E-state index is 0.730. The first-order valence-corrected chi connectivity index (χ1v) is 11.7. The minimum Gasteiger partial charge on any atom is -0.494 e. The van der Waals surface area contributed by atoms with Gasteiger partial charge in [0.1, 0.15) is 5.75 Å². The number of benzene rings is 2. The van der Waals surface area contributed by atoms with Crippen LogP contribution in [0, 0.1) is 0 Å². The normalized spacial score (nSPS) is 11.0. The zero-order valence-electron chi connectivity index (χ0n) is 13.7. The lowest BCUT2D eigenvalue weighted by molar-refractivity contribution is 0.309. The van der Waals surface area contributed by atoms with E-state index in [4.69, 9.17) is 26.9 Å². The summed E-state index contributed by atoms with van der Waals surface area (Å²) in [5.41, 5.74) is 3.62. The lowest BCUT2D eigenvalue weighted by Gasteiger charge is -2.13. The molecule has 0 heterocycles. The van der Waals surface area contributed by atoms with E-state index < -0.39 is 7.42 Å². The van der Waals surface area contributed by atoms with E-state index in [9.17, 15) is 0 Å². The van der Waals surface area contributed by atoms with E-state index in [0.717, 1.165) is 54.4 Å². The zero-order valence-corrected chi connectivity index (χ0v) is 16.3. The molecule has 0 amide bonds. The second-order valence-electron chi connectivity index (χ2n) is 5.62.